The number of anilines is 1. The lowest BCUT2D eigenvalue weighted by Gasteiger charge is -1.97. The Bertz CT molecular complexity index is 553. The van der Waals surface area contributed by atoms with Crippen LogP contribution in [0.15, 0.2) is 16.5 Å². The zero-order valence-electron chi connectivity index (χ0n) is 10.3. The normalized spacial score (nSPS) is 10.6. The number of aliphatic carboxylic acids is 1. The number of hydrogen-bond donors (Lipinski definition) is 2. The molecule has 5 nitrogen and oxygen atoms in total. The minimum absolute atomic E-state index is 0.0133. The molecule has 2 heterocycles. The highest BCUT2D eigenvalue weighted by molar-refractivity contribution is 8.01. The first-order valence-corrected chi connectivity index (χ1v) is 8.28. The predicted molar refractivity (Wildman–Crippen MR) is 79.3 cm³/mol. The minimum atomic E-state index is -0.847. The number of carboxylic acid groups (broad SMARTS) is 1. The third-order valence-corrected chi connectivity index (χ3v) is 5.43. The lowest BCUT2D eigenvalue weighted by molar-refractivity contribution is -0.133. The van der Waals surface area contributed by atoms with Gasteiger partial charge in [-0.3, -0.25) is 4.79 Å². The fourth-order valence-corrected chi connectivity index (χ4v) is 3.70. The summed E-state index contributed by atoms with van der Waals surface area (Å²) in [7, 11) is 0. The van der Waals surface area contributed by atoms with E-state index in [4.69, 9.17) is 5.11 Å². The Kier molecular flexibility index (Phi) is 5.17. The fraction of sp³-hybridized carbons (Fsp3) is 0.364. The number of nitrogens with one attached hydrogen (secondary N) is 1. The van der Waals surface area contributed by atoms with Gasteiger partial charge in [-0.1, -0.05) is 30.0 Å². The van der Waals surface area contributed by atoms with E-state index in [1.54, 1.807) is 11.3 Å². The van der Waals surface area contributed by atoms with Gasteiger partial charge in [0.1, 0.15) is 0 Å². The van der Waals surface area contributed by atoms with E-state index < -0.39 is 5.97 Å². The summed E-state index contributed by atoms with van der Waals surface area (Å²) in [5.41, 5.74) is 0. The Labute approximate surface area is 123 Å². The molecule has 0 aliphatic carbocycles. The topological polar surface area (TPSA) is 75.1 Å². The van der Waals surface area contributed by atoms with E-state index in [1.807, 2.05) is 0 Å². The first-order valence-electron chi connectivity index (χ1n) is 5.67. The van der Waals surface area contributed by atoms with E-state index in [1.165, 1.54) is 32.9 Å². The van der Waals surface area contributed by atoms with Gasteiger partial charge in [-0.15, -0.1) is 21.5 Å². The summed E-state index contributed by atoms with van der Waals surface area (Å²) in [5.74, 6) is -0.834. The second-order valence-corrected chi connectivity index (χ2v) is 7.08. The summed E-state index contributed by atoms with van der Waals surface area (Å²) in [4.78, 5) is 13.1. The zero-order chi connectivity index (χ0) is 13.7. The Morgan fingerprint density at radius 3 is 2.84 bits per heavy atom. The van der Waals surface area contributed by atoms with Gasteiger partial charge in [0.25, 0.3) is 0 Å². The van der Waals surface area contributed by atoms with Crippen molar-refractivity contribution < 1.29 is 9.90 Å². The summed E-state index contributed by atoms with van der Waals surface area (Å²) in [5, 5.41) is 20.4. The molecule has 0 aliphatic heterocycles. The van der Waals surface area contributed by atoms with Crippen molar-refractivity contribution in [2.24, 2.45) is 0 Å². The molecule has 102 valence electrons. The lowest BCUT2D eigenvalue weighted by Crippen LogP contribution is -1.96. The number of carbonyl (C=O) groups is 1. The summed E-state index contributed by atoms with van der Waals surface area (Å²) in [6, 6.07) is 4.24. The minimum Gasteiger partial charge on any atom is -0.481 e. The van der Waals surface area contributed by atoms with Crippen LogP contribution in [0.3, 0.4) is 0 Å². The summed E-state index contributed by atoms with van der Waals surface area (Å²) >= 11 is 4.35. The first-order chi connectivity index (χ1) is 9.17. The second-order valence-electron chi connectivity index (χ2n) is 3.63. The van der Waals surface area contributed by atoms with Gasteiger partial charge in [0, 0.05) is 9.75 Å². The summed E-state index contributed by atoms with van der Waals surface area (Å²) < 4.78 is 0.672. The molecule has 2 aromatic rings. The Morgan fingerprint density at radius 1 is 1.37 bits per heavy atom. The molecule has 0 bridgehead atoms. The Hall–Kier alpha value is -1.12. The molecular weight excluding hydrogens is 302 g/mol. The van der Waals surface area contributed by atoms with Crippen LogP contribution >= 0.6 is 34.4 Å². The number of aryl methyl sites for hydroxylation is 1. The molecule has 0 atom stereocenters. The molecule has 0 amide bonds. The van der Waals surface area contributed by atoms with Crippen LogP contribution in [-0.4, -0.2) is 27.0 Å². The molecule has 19 heavy (non-hydrogen) atoms. The largest absolute Gasteiger partial charge is 0.481 e. The number of nitrogens with zero attached hydrogens (tertiary/aromatic N) is 2. The highest BCUT2D eigenvalue weighted by Gasteiger charge is 2.07. The molecule has 0 radical (unpaired) electrons. The van der Waals surface area contributed by atoms with Crippen molar-refractivity contribution >= 4 is 45.5 Å². The van der Waals surface area contributed by atoms with E-state index in [-0.39, 0.29) is 5.75 Å². The van der Waals surface area contributed by atoms with Crippen LogP contribution in [0.2, 0.25) is 0 Å². The van der Waals surface area contributed by atoms with Crippen LogP contribution in [-0.2, 0) is 17.8 Å². The van der Waals surface area contributed by atoms with Gasteiger partial charge in [-0.05, 0) is 18.6 Å². The van der Waals surface area contributed by atoms with Gasteiger partial charge in [-0.2, -0.15) is 0 Å². The van der Waals surface area contributed by atoms with Crippen molar-refractivity contribution in [3.8, 4) is 0 Å². The smallest absolute Gasteiger partial charge is 0.313 e. The zero-order valence-corrected chi connectivity index (χ0v) is 12.7. The molecule has 0 unspecified atom stereocenters. The molecule has 2 aromatic heterocycles. The molecular formula is C11H13N3O2S3. The van der Waals surface area contributed by atoms with Crippen LogP contribution in [0.5, 0.6) is 0 Å². The Balaban J connectivity index is 1.84. The second kappa shape index (κ2) is 6.88. The standard InChI is InChI=1S/C11H13N3O2S3/c1-2-7-3-4-8(18-7)5-12-10-13-14-11(19-10)17-6-9(15)16/h3-4H,2,5-6H2,1H3,(H,12,13)(H,15,16). The summed E-state index contributed by atoms with van der Waals surface area (Å²) in [6.45, 7) is 2.86. The molecule has 0 saturated heterocycles. The number of aromatic nitrogens is 2. The van der Waals surface area contributed by atoms with Crippen LogP contribution in [0.4, 0.5) is 5.13 Å². The van der Waals surface area contributed by atoms with E-state index in [9.17, 15) is 4.79 Å². The van der Waals surface area contributed by atoms with E-state index in [2.05, 4.69) is 34.6 Å². The third kappa shape index (κ3) is 4.48. The summed E-state index contributed by atoms with van der Waals surface area (Å²) in [6.07, 6.45) is 1.06. The van der Waals surface area contributed by atoms with Crippen molar-refractivity contribution in [2.45, 2.75) is 24.2 Å². The molecule has 2 rings (SSSR count). The molecule has 0 fully saturated rings. The molecule has 0 spiro atoms. The van der Waals surface area contributed by atoms with Crippen molar-refractivity contribution in [1.82, 2.24) is 10.2 Å². The number of hydrogen-bond acceptors (Lipinski definition) is 7. The number of thiophene rings is 1. The number of rotatable bonds is 7. The number of carboxylic acids is 1. The molecule has 0 aromatic carbocycles. The SMILES string of the molecule is CCc1ccc(CNc2nnc(SCC(=O)O)s2)s1. The Morgan fingerprint density at radius 2 is 2.16 bits per heavy atom. The van der Waals surface area contributed by atoms with Gasteiger partial charge >= 0.3 is 5.97 Å². The van der Waals surface area contributed by atoms with E-state index in [0.717, 1.165) is 18.1 Å². The maximum absolute atomic E-state index is 10.4. The fourth-order valence-electron chi connectivity index (χ4n) is 1.33. The van der Waals surface area contributed by atoms with Crippen LogP contribution in [0, 0.1) is 0 Å². The highest BCUT2D eigenvalue weighted by Crippen LogP contribution is 2.26. The lowest BCUT2D eigenvalue weighted by atomic mass is 10.4. The van der Waals surface area contributed by atoms with Gasteiger partial charge in [0.15, 0.2) is 4.34 Å². The van der Waals surface area contributed by atoms with Crippen LogP contribution in [0.25, 0.3) is 0 Å². The van der Waals surface area contributed by atoms with Crippen molar-refractivity contribution in [2.75, 3.05) is 11.1 Å². The first kappa shape index (κ1) is 14.3. The molecule has 0 saturated carbocycles. The van der Waals surface area contributed by atoms with Gasteiger partial charge in [-0.25, -0.2) is 0 Å². The molecule has 2 N–H and O–H groups in total. The maximum Gasteiger partial charge on any atom is 0.313 e. The average molecular weight is 315 g/mol. The molecule has 0 aliphatic rings. The predicted octanol–water partition coefficient (Wildman–Crippen LogP) is 2.95. The van der Waals surface area contributed by atoms with Gasteiger partial charge in [0.05, 0.1) is 12.3 Å². The van der Waals surface area contributed by atoms with Crippen molar-refractivity contribution in [3.05, 3.63) is 21.9 Å². The monoisotopic (exact) mass is 315 g/mol. The van der Waals surface area contributed by atoms with Gasteiger partial charge < -0.3 is 10.4 Å². The van der Waals surface area contributed by atoms with E-state index in [0.29, 0.717) is 4.34 Å². The maximum atomic E-state index is 10.4. The quantitative estimate of drug-likeness (QED) is 0.765. The van der Waals surface area contributed by atoms with Crippen LogP contribution < -0.4 is 5.32 Å². The van der Waals surface area contributed by atoms with Crippen LogP contribution in [0.1, 0.15) is 16.7 Å². The molecule has 8 heteroatoms. The van der Waals surface area contributed by atoms with E-state index >= 15 is 0 Å². The highest BCUT2D eigenvalue weighted by atomic mass is 32.2. The average Bonchev–Trinajstić information content (AvgIpc) is 3.03. The van der Waals surface area contributed by atoms with Crippen molar-refractivity contribution in [1.29, 1.82) is 0 Å². The van der Waals surface area contributed by atoms with Crippen molar-refractivity contribution in [3.63, 3.8) is 0 Å². The third-order valence-electron chi connectivity index (χ3n) is 2.21. The number of thioether (sulfide) groups is 1. The van der Waals surface area contributed by atoms with Gasteiger partial charge in [0.2, 0.25) is 5.13 Å².